The standard InChI is InChI=1S/C11H16N2O3S/c1-17(15,16)10-5-3-2-4-9(10)6-7-13-11(14)8-12/h2-5H,6-8,12H2,1H3,(H,13,14). The third kappa shape index (κ3) is 4.16. The third-order valence-corrected chi connectivity index (χ3v) is 3.47. The first-order valence-corrected chi connectivity index (χ1v) is 7.09. The molecule has 0 saturated carbocycles. The Morgan fingerprint density at radius 1 is 1.35 bits per heavy atom. The van der Waals surface area contributed by atoms with Gasteiger partial charge >= 0.3 is 0 Å². The summed E-state index contributed by atoms with van der Waals surface area (Å²) in [6.07, 6.45) is 1.64. The van der Waals surface area contributed by atoms with Crippen LogP contribution in [0.2, 0.25) is 0 Å². The van der Waals surface area contributed by atoms with Crippen molar-refractivity contribution in [2.24, 2.45) is 5.73 Å². The fraction of sp³-hybridized carbons (Fsp3) is 0.364. The van der Waals surface area contributed by atoms with Gasteiger partial charge in [-0.3, -0.25) is 4.79 Å². The highest BCUT2D eigenvalue weighted by Crippen LogP contribution is 2.15. The van der Waals surface area contributed by atoms with Crippen molar-refractivity contribution in [3.8, 4) is 0 Å². The fourth-order valence-corrected chi connectivity index (χ4v) is 2.45. The van der Waals surface area contributed by atoms with Crippen molar-refractivity contribution in [2.75, 3.05) is 19.3 Å². The molecule has 1 aromatic carbocycles. The maximum atomic E-state index is 11.5. The number of hydrogen-bond acceptors (Lipinski definition) is 4. The van der Waals surface area contributed by atoms with Crippen LogP contribution >= 0.6 is 0 Å². The molecule has 3 N–H and O–H groups in total. The van der Waals surface area contributed by atoms with E-state index in [1.165, 1.54) is 6.26 Å². The zero-order chi connectivity index (χ0) is 12.9. The molecule has 0 unspecified atom stereocenters. The summed E-state index contributed by atoms with van der Waals surface area (Å²) in [5.41, 5.74) is 5.84. The first-order chi connectivity index (χ1) is 7.95. The lowest BCUT2D eigenvalue weighted by Gasteiger charge is -2.08. The number of hydrogen-bond donors (Lipinski definition) is 2. The predicted octanol–water partition coefficient (Wildman–Crippen LogP) is -0.292. The third-order valence-electron chi connectivity index (χ3n) is 2.27. The number of nitrogens with two attached hydrogens (primary N) is 1. The van der Waals surface area contributed by atoms with Crippen LogP contribution in [-0.4, -0.2) is 33.7 Å². The minimum Gasteiger partial charge on any atom is -0.355 e. The van der Waals surface area contributed by atoms with Gasteiger partial charge in [0.1, 0.15) is 0 Å². The lowest BCUT2D eigenvalue weighted by atomic mass is 10.1. The molecule has 0 radical (unpaired) electrons. The smallest absolute Gasteiger partial charge is 0.233 e. The van der Waals surface area contributed by atoms with Crippen LogP contribution in [0.25, 0.3) is 0 Å². The highest BCUT2D eigenvalue weighted by molar-refractivity contribution is 7.90. The maximum Gasteiger partial charge on any atom is 0.233 e. The van der Waals surface area contributed by atoms with Crippen LogP contribution in [-0.2, 0) is 21.1 Å². The quantitative estimate of drug-likeness (QED) is 0.757. The summed E-state index contributed by atoms with van der Waals surface area (Å²) in [5, 5.41) is 2.60. The molecule has 0 aliphatic heterocycles. The monoisotopic (exact) mass is 256 g/mol. The molecule has 0 fully saturated rings. The first kappa shape index (κ1) is 13.7. The SMILES string of the molecule is CS(=O)(=O)c1ccccc1CCNC(=O)CN. The van der Waals surface area contributed by atoms with Crippen molar-refractivity contribution in [3.05, 3.63) is 29.8 Å². The van der Waals surface area contributed by atoms with Crippen LogP contribution in [0, 0.1) is 0 Å². The molecule has 1 rings (SSSR count). The van der Waals surface area contributed by atoms with Crippen LogP contribution in [0.1, 0.15) is 5.56 Å². The summed E-state index contributed by atoms with van der Waals surface area (Å²) in [5.74, 6) is -0.248. The highest BCUT2D eigenvalue weighted by atomic mass is 32.2. The number of nitrogens with one attached hydrogen (secondary N) is 1. The average Bonchev–Trinajstić information content (AvgIpc) is 2.28. The first-order valence-electron chi connectivity index (χ1n) is 5.20. The number of carbonyl (C=O) groups is 1. The van der Waals surface area contributed by atoms with Gasteiger partial charge in [-0.15, -0.1) is 0 Å². The Hall–Kier alpha value is -1.40. The Balaban J connectivity index is 2.75. The Labute approximate surface area is 101 Å². The average molecular weight is 256 g/mol. The molecule has 0 atom stereocenters. The number of rotatable bonds is 5. The van der Waals surface area contributed by atoms with Crippen molar-refractivity contribution in [1.29, 1.82) is 0 Å². The second-order valence-electron chi connectivity index (χ2n) is 3.68. The second-order valence-corrected chi connectivity index (χ2v) is 5.67. The summed E-state index contributed by atoms with van der Waals surface area (Å²) in [4.78, 5) is 11.2. The predicted molar refractivity (Wildman–Crippen MR) is 65.3 cm³/mol. The van der Waals surface area contributed by atoms with Crippen molar-refractivity contribution >= 4 is 15.7 Å². The number of sulfone groups is 1. The van der Waals surface area contributed by atoms with Crippen molar-refractivity contribution < 1.29 is 13.2 Å². The normalized spacial score (nSPS) is 11.2. The van der Waals surface area contributed by atoms with Crippen molar-refractivity contribution in [3.63, 3.8) is 0 Å². The van der Waals surface area contributed by atoms with E-state index < -0.39 is 9.84 Å². The van der Waals surface area contributed by atoms with Crippen molar-refractivity contribution in [2.45, 2.75) is 11.3 Å². The van der Waals surface area contributed by atoms with Crippen LogP contribution in [0.15, 0.2) is 29.2 Å². The van der Waals surface area contributed by atoms with E-state index in [1.807, 2.05) is 0 Å². The topological polar surface area (TPSA) is 89.3 Å². The van der Waals surface area contributed by atoms with Crippen LogP contribution in [0.4, 0.5) is 0 Å². The van der Waals surface area contributed by atoms with E-state index in [0.717, 1.165) is 0 Å². The molecule has 1 amide bonds. The van der Waals surface area contributed by atoms with Gasteiger partial charge in [-0.2, -0.15) is 0 Å². The van der Waals surface area contributed by atoms with E-state index in [0.29, 0.717) is 23.4 Å². The summed E-state index contributed by atoms with van der Waals surface area (Å²) in [6, 6.07) is 6.76. The van der Waals surface area contributed by atoms with Gasteiger partial charge in [0.05, 0.1) is 11.4 Å². The second kappa shape index (κ2) is 5.79. The Kier molecular flexibility index (Phi) is 4.65. The van der Waals surface area contributed by atoms with Crippen LogP contribution in [0.3, 0.4) is 0 Å². The van der Waals surface area contributed by atoms with Gasteiger partial charge in [-0.05, 0) is 18.1 Å². The van der Waals surface area contributed by atoms with E-state index in [9.17, 15) is 13.2 Å². The summed E-state index contributed by atoms with van der Waals surface area (Å²) < 4.78 is 23.0. The number of benzene rings is 1. The van der Waals surface area contributed by atoms with E-state index in [4.69, 9.17) is 5.73 Å². The molecule has 1 aromatic rings. The molecule has 0 aromatic heterocycles. The largest absolute Gasteiger partial charge is 0.355 e. The van der Waals surface area contributed by atoms with Gasteiger partial charge < -0.3 is 11.1 Å². The lowest BCUT2D eigenvalue weighted by Crippen LogP contribution is -2.31. The molecule has 17 heavy (non-hydrogen) atoms. The van der Waals surface area contributed by atoms with Gasteiger partial charge in [0.15, 0.2) is 9.84 Å². The van der Waals surface area contributed by atoms with Gasteiger partial charge in [0.25, 0.3) is 0 Å². The highest BCUT2D eigenvalue weighted by Gasteiger charge is 2.11. The lowest BCUT2D eigenvalue weighted by molar-refractivity contribution is -0.119. The molecule has 0 aliphatic rings. The Morgan fingerprint density at radius 2 is 2.00 bits per heavy atom. The molecular formula is C11H16N2O3S. The van der Waals surface area contributed by atoms with Gasteiger partial charge in [-0.1, -0.05) is 18.2 Å². The van der Waals surface area contributed by atoms with Crippen LogP contribution < -0.4 is 11.1 Å². The van der Waals surface area contributed by atoms with Gasteiger partial charge in [0, 0.05) is 12.8 Å². The molecule has 0 aliphatic carbocycles. The van der Waals surface area contributed by atoms with Crippen LogP contribution in [0.5, 0.6) is 0 Å². The molecule has 94 valence electrons. The molecule has 0 heterocycles. The molecular weight excluding hydrogens is 240 g/mol. The Morgan fingerprint density at radius 3 is 2.59 bits per heavy atom. The number of amides is 1. The van der Waals surface area contributed by atoms with Gasteiger partial charge in [-0.25, -0.2) is 8.42 Å². The minimum atomic E-state index is -3.23. The molecule has 6 heteroatoms. The molecule has 0 spiro atoms. The van der Waals surface area contributed by atoms with E-state index in [1.54, 1.807) is 24.3 Å². The molecule has 5 nitrogen and oxygen atoms in total. The summed E-state index contributed by atoms with van der Waals surface area (Å²) >= 11 is 0. The Bertz CT molecular complexity index is 497. The summed E-state index contributed by atoms with van der Waals surface area (Å²) in [7, 11) is -3.23. The van der Waals surface area contributed by atoms with E-state index in [2.05, 4.69) is 5.32 Å². The summed E-state index contributed by atoms with van der Waals surface area (Å²) in [6.45, 7) is 0.316. The van der Waals surface area contributed by atoms with Gasteiger partial charge in [0.2, 0.25) is 5.91 Å². The number of carbonyl (C=O) groups excluding carboxylic acids is 1. The molecule has 0 bridgehead atoms. The fourth-order valence-electron chi connectivity index (χ4n) is 1.48. The molecule has 0 saturated heterocycles. The van der Waals surface area contributed by atoms with E-state index >= 15 is 0 Å². The zero-order valence-electron chi connectivity index (χ0n) is 9.64. The van der Waals surface area contributed by atoms with Crippen molar-refractivity contribution in [1.82, 2.24) is 5.32 Å². The zero-order valence-corrected chi connectivity index (χ0v) is 10.5. The van der Waals surface area contributed by atoms with E-state index in [-0.39, 0.29) is 12.5 Å². The maximum absolute atomic E-state index is 11.5. The minimum absolute atomic E-state index is 0.0618.